The molecule has 78 valence electrons. The Labute approximate surface area is 79.3 Å². The van der Waals surface area contributed by atoms with Crippen LogP contribution in [0.1, 0.15) is 6.92 Å². The smallest absolute Gasteiger partial charge is 0.380 e. The first-order valence-electron chi connectivity index (χ1n) is 3.62. The molecule has 0 bridgehead atoms. The summed E-state index contributed by atoms with van der Waals surface area (Å²) in [5.74, 6) is -1.39. The molecule has 0 fully saturated rings. The molecule has 14 heavy (non-hydrogen) atoms. The maximum Gasteiger partial charge on any atom is 0.448 e. The molecule has 0 aromatic rings. The Morgan fingerprint density at radius 2 is 2.00 bits per heavy atom. The van der Waals surface area contributed by atoms with Crippen LogP contribution < -0.4 is 5.73 Å². The Hall–Kier alpha value is -1.59. The van der Waals surface area contributed by atoms with Gasteiger partial charge in [-0.3, -0.25) is 0 Å². The summed E-state index contributed by atoms with van der Waals surface area (Å²) in [6.45, 7) is 1.55. The molecule has 0 aliphatic rings. The average molecular weight is 205 g/mol. The molecule has 0 spiro atoms. The van der Waals surface area contributed by atoms with Crippen LogP contribution in [-0.4, -0.2) is 18.2 Å². The summed E-state index contributed by atoms with van der Waals surface area (Å²) >= 11 is 0. The molecule has 0 saturated carbocycles. The van der Waals surface area contributed by atoms with Crippen molar-refractivity contribution in [3.8, 4) is 0 Å². The Balaban J connectivity index is 4.54. The van der Waals surface area contributed by atoms with Gasteiger partial charge in [0.15, 0.2) is 0 Å². The summed E-state index contributed by atoms with van der Waals surface area (Å²) in [6.07, 6.45) is 0.213. The van der Waals surface area contributed by atoms with Crippen LogP contribution in [0.15, 0.2) is 28.9 Å². The number of nitrogens with zero attached hydrogens (tertiary/aromatic N) is 1. The lowest BCUT2D eigenvalue weighted by molar-refractivity contribution is -0.0598. The van der Waals surface area contributed by atoms with Crippen molar-refractivity contribution in [2.45, 2.75) is 13.1 Å². The summed E-state index contributed by atoms with van der Waals surface area (Å²) in [5.41, 5.74) is 5.11. The Kier molecular flexibility index (Phi) is 4.62. The van der Waals surface area contributed by atoms with Crippen LogP contribution in [0.3, 0.4) is 0 Å². The molecule has 0 radical (unpaired) electrons. The van der Waals surface area contributed by atoms with Crippen molar-refractivity contribution in [2.24, 2.45) is 10.7 Å². The lowest BCUT2D eigenvalue weighted by Crippen LogP contribution is -2.30. The van der Waals surface area contributed by atoms with Crippen molar-refractivity contribution >= 4 is 12.1 Å². The topological polar surface area (TPSA) is 62.2 Å². The SMILES string of the molecule is CC(/C=C\C=N)=C/N=C(N)C(F)(F)F. The highest BCUT2D eigenvalue weighted by Crippen LogP contribution is 2.14. The van der Waals surface area contributed by atoms with E-state index in [-0.39, 0.29) is 0 Å². The van der Waals surface area contributed by atoms with Gasteiger partial charge >= 0.3 is 6.18 Å². The molecule has 3 N–H and O–H groups in total. The zero-order valence-corrected chi connectivity index (χ0v) is 7.47. The van der Waals surface area contributed by atoms with Crippen LogP contribution in [-0.2, 0) is 0 Å². The van der Waals surface area contributed by atoms with Gasteiger partial charge in [0.25, 0.3) is 0 Å². The predicted octanol–water partition coefficient (Wildman–Crippen LogP) is 2.02. The monoisotopic (exact) mass is 205 g/mol. The minimum Gasteiger partial charge on any atom is -0.380 e. The summed E-state index contributed by atoms with van der Waals surface area (Å²) in [6, 6.07) is 0. The number of nitrogens with one attached hydrogen (secondary N) is 1. The molecule has 3 nitrogen and oxygen atoms in total. The number of alkyl halides is 3. The van der Waals surface area contributed by atoms with E-state index in [1.165, 1.54) is 12.2 Å². The van der Waals surface area contributed by atoms with E-state index in [9.17, 15) is 13.2 Å². The second-order valence-corrected chi connectivity index (χ2v) is 2.41. The minimum absolute atomic E-state index is 0.473. The van der Waals surface area contributed by atoms with E-state index in [1.807, 2.05) is 0 Å². The third-order valence-electron chi connectivity index (χ3n) is 1.15. The molecule has 0 aliphatic carbocycles. The van der Waals surface area contributed by atoms with Gasteiger partial charge in [-0.15, -0.1) is 0 Å². The van der Waals surface area contributed by atoms with Crippen LogP contribution in [0, 0.1) is 5.41 Å². The number of amidine groups is 1. The van der Waals surface area contributed by atoms with Gasteiger partial charge in [-0.25, -0.2) is 4.99 Å². The van der Waals surface area contributed by atoms with Crippen LogP contribution >= 0.6 is 0 Å². The van der Waals surface area contributed by atoms with Gasteiger partial charge < -0.3 is 11.1 Å². The first-order chi connectivity index (χ1) is 6.38. The summed E-state index contributed by atoms with van der Waals surface area (Å²) in [7, 11) is 0. The van der Waals surface area contributed by atoms with Crippen LogP contribution in [0.25, 0.3) is 0 Å². The fourth-order valence-corrected chi connectivity index (χ4v) is 0.487. The van der Waals surface area contributed by atoms with E-state index in [1.54, 1.807) is 6.92 Å². The number of nitrogens with two attached hydrogens (primary N) is 1. The minimum atomic E-state index is -4.60. The van der Waals surface area contributed by atoms with Crippen molar-refractivity contribution in [1.82, 2.24) is 0 Å². The molecule has 0 rings (SSSR count). The van der Waals surface area contributed by atoms with E-state index in [2.05, 4.69) is 10.7 Å². The molecular weight excluding hydrogens is 195 g/mol. The van der Waals surface area contributed by atoms with Gasteiger partial charge in [-0.05, 0) is 18.6 Å². The van der Waals surface area contributed by atoms with Gasteiger partial charge in [0.05, 0.1) is 0 Å². The first-order valence-corrected chi connectivity index (χ1v) is 3.62. The average Bonchev–Trinajstić information content (AvgIpc) is 2.09. The lowest BCUT2D eigenvalue weighted by atomic mass is 10.3. The third kappa shape index (κ3) is 5.13. The normalized spacial score (nSPS) is 14.9. The molecule has 0 aromatic heterocycles. The Morgan fingerprint density at radius 3 is 2.43 bits per heavy atom. The number of aliphatic imine (C=N–C) groups is 1. The van der Waals surface area contributed by atoms with E-state index in [0.717, 1.165) is 12.4 Å². The van der Waals surface area contributed by atoms with Gasteiger partial charge in [-0.1, -0.05) is 6.08 Å². The largest absolute Gasteiger partial charge is 0.448 e. The Morgan fingerprint density at radius 1 is 1.43 bits per heavy atom. The molecule has 0 heterocycles. The van der Waals surface area contributed by atoms with Crippen molar-refractivity contribution in [2.75, 3.05) is 0 Å². The second kappa shape index (κ2) is 5.21. The van der Waals surface area contributed by atoms with Crippen LogP contribution in [0.5, 0.6) is 0 Å². The highest BCUT2D eigenvalue weighted by atomic mass is 19.4. The maximum absolute atomic E-state index is 11.8. The fourth-order valence-electron chi connectivity index (χ4n) is 0.487. The zero-order valence-electron chi connectivity index (χ0n) is 7.47. The van der Waals surface area contributed by atoms with Gasteiger partial charge in [0.1, 0.15) is 0 Å². The molecule has 6 heteroatoms. The molecule has 0 saturated heterocycles. The van der Waals surface area contributed by atoms with Gasteiger partial charge in [0.2, 0.25) is 5.84 Å². The maximum atomic E-state index is 11.8. The van der Waals surface area contributed by atoms with Gasteiger partial charge in [0, 0.05) is 12.4 Å². The van der Waals surface area contributed by atoms with E-state index in [0.29, 0.717) is 5.57 Å². The van der Waals surface area contributed by atoms with Crippen molar-refractivity contribution in [3.05, 3.63) is 23.9 Å². The number of allylic oxidation sites excluding steroid dienone is 3. The quantitative estimate of drug-likeness (QED) is 0.413. The molecular formula is C8H10F3N3. The van der Waals surface area contributed by atoms with Crippen molar-refractivity contribution in [1.29, 1.82) is 5.41 Å². The molecule has 0 amide bonds. The van der Waals surface area contributed by atoms with E-state index < -0.39 is 12.0 Å². The van der Waals surface area contributed by atoms with E-state index in [4.69, 9.17) is 5.41 Å². The lowest BCUT2D eigenvalue weighted by Gasteiger charge is -2.02. The number of hydrogen-bond acceptors (Lipinski definition) is 2. The third-order valence-corrected chi connectivity index (χ3v) is 1.15. The summed E-state index contributed by atoms with van der Waals surface area (Å²) in [5, 5.41) is 6.63. The van der Waals surface area contributed by atoms with Crippen molar-refractivity contribution in [3.63, 3.8) is 0 Å². The molecule has 0 unspecified atom stereocenters. The fraction of sp³-hybridized carbons (Fsp3) is 0.250. The zero-order chi connectivity index (χ0) is 11.2. The van der Waals surface area contributed by atoms with Crippen molar-refractivity contribution < 1.29 is 13.2 Å². The summed E-state index contributed by atoms with van der Waals surface area (Å²) in [4.78, 5) is 3.03. The molecule has 0 aromatic carbocycles. The standard InChI is InChI=1S/C8H10F3N3/c1-6(3-2-4-12)5-14-7(13)8(9,10)11/h2-5,12H,1H3,(H2,13,14)/b3-2-,6-5-,12-4?. The van der Waals surface area contributed by atoms with Crippen LogP contribution in [0.2, 0.25) is 0 Å². The highest BCUT2D eigenvalue weighted by molar-refractivity contribution is 5.86. The van der Waals surface area contributed by atoms with Gasteiger partial charge in [-0.2, -0.15) is 13.2 Å². The second-order valence-electron chi connectivity index (χ2n) is 2.41. The highest BCUT2D eigenvalue weighted by Gasteiger charge is 2.32. The predicted molar refractivity (Wildman–Crippen MR) is 49.4 cm³/mol. The number of rotatable bonds is 3. The Bertz CT molecular complexity index is 287. The van der Waals surface area contributed by atoms with E-state index >= 15 is 0 Å². The molecule has 0 atom stereocenters. The number of halogens is 3. The summed E-state index contributed by atoms with van der Waals surface area (Å²) < 4.78 is 35.4. The number of hydrogen-bond donors (Lipinski definition) is 2. The first kappa shape index (κ1) is 12.4. The van der Waals surface area contributed by atoms with Crippen LogP contribution in [0.4, 0.5) is 13.2 Å². The molecule has 0 aliphatic heterocycles.